The predicted molar refractivity (Wildman–Crippen MR) is 64.2 cm³/mol. The third-order valence-electron chi connectivity index (χ3n) is 3.81. The molecule has 0 amide bonds. The number of fused-ring (bicyclic) bond motifs is 1. The molecule has 0 saturated heterocycles. The van der Waals surface area contributed by atoms with Gasteiger partial charge in [0.05, 0.1) is 22.9 Å². The number of imidazole rings is 1. The molecule has 2 aromatic rings. The van der Waals surface area contributed by atoms with Crippen LogP contribution in [0.1, 0.15) is 36.5 Å². The fourth-order valence-electron chi connectivity index (χ4n) is 2.58. The fraction of sp³-hybridized carbons (Fsp3) is 0.385. The lowest BCUT2D eigenvalue weighted by Crippen LogP contribution is -2.37. The number of carbonyl (C=O) groups is 1. The van der Waals surface area contributed by atoms with Gasteiger partial charge >= 0.3 is 5.97 Å². The number of rotatable bonds is 2. The van der Waals surface area contributed by atoms with Crippen LogP contribution in [0.5, 0.6) is 0 Å². The summed E-state index contributed by atoms with van der Waals surface area (Å²) < 4.78 is 2.04. The molecule has 1 heterocycles. The van der Waals surface area contributed by atoms with Crippen molar-refractivity contribution in [2.24, 2.45) is 0 Å². The van der Waals surface area contributed by atoms with E-state index >= 15 is 0 Å². The lowest BCUT2D eigenvalue weighted by atomic mass is 9.78. The maximum atomic E-state index is 11.3. The van der Waals surface area contributed by atoms with Crippen LogP contribution in [-0.2, 0) is 5.54 Å². The van der Waals surface area contributed by atoms with Crippen molar-refractivity contribution in [3.63, 3.8) is 0 Å². The SMILES string of the molecule is CC1(n2cnc3cccc(C(=O)O)c32)CCC1. The molecule has 0 radical (unpaired) electrons. The highest BCUT2D eigenvalue weighted by Crippen LogP contribution is 2.40. The molecule has 0 unspecified atom stereocenters. The lowest BCUT2D eigenvalue weighted by Gasteiger charge is -2.40. The van der Waals surface area contributed by atoms with E-state index in [9.17, 15) is 9.90 Å². The maximum Gasteiger partial charge on any atom is 0.337 e. The Kier molecular flexibility index (Phi) is 2.02. The van der Waals surface area contributed by atoms with Crippen molar-refractivity contribution in [2.75, 3.05) is 0 Å². The van der Waals surface area contributed by atoms with Crippen molar-refractivity contribution in [3.05, 3.63) is 30.1 Å². The summed E-state index contributed by atoms with van der Waals surface area (Å²) in [6.07, 6.45) is 5.15. The predicted octanol–water partition coefficient (Wildman–Crippen LogP) is 2.63. The molecule has 1 saturated carbocycles. The average molecular weight is 230 g/mol. The molecule has 0 spiro atoms. The molecule has 88 valence electrons. The van der Waals surface area contributed by atoms with Crippen LogP contribution in [-0.4, -0.2) is 20.6 Å². The molecule has 0 aliphatic heterocycles. The largest absolute Gasteiger partial charge is 0.478 e. The van der Waals surface area contributed by atoms with E-state index in [2.05, 4.69) is 11.9 Å². The topological polar surface area (TPSA) is 55.1 Å². The molecule has 0 atom stereocenters. The Morgan fingerprint density at radius 1 is 1.47 bits per heavy atom. The van der Waals surface area contributed by atoms with Gasteiger partial charge in [-0.3, -0.25) is 0 Å². The monoisotopic (exact) mass is 230 g/mol. The van der Waals surface area contributed by atoms with E-state index in [4.69, 9.17) is 0 Å². The lowest BCUT2D eigenvalue weighted by molar-refractivity contribution is 0.0698. The number of aromatic carboxylic acids is 1. The summed E-state index contributed by atoms with van der Waals surface area (Å²) >= 11 is 0. The summed E-state index contributed by atoms with van der Waals surface area (Å²) in [7, 11) is 0. The van der Waals surface area contributed by atoms with Crippen molar-refractivity contribution in [1.82, 2.24) is 9.55 Å². The Bertz CT molecular complexity index is 596. The Labute approximate surface area is 98.9 Å². The van der Waals surface area contributed by atoms with Crippen LogP contribution in [0.15, 0.2) is 24.5 Å². The average Bonchev–Trinajstić information content (AvgIpc) is 2.69. The highest BCUT2D eigenvalue weighted by Gasteiger charge is 2.35. The minimum absolute atomic E-state index is 0.0420. The van der Waals surface area contributed by atoms with Gasteiger partial charge in [0.2, 0.25) is 0 Å². The van der Waals surface area contributed by atoms with E-state index in [0.717, 1.165) is 23.9 Å². The highest BCUT2D eigenvalue weighted by atomic mass is 16.4. The van der Waals surface area contributed by atoms with Crippen molar-refractivity contribution in [1.29, 1.82) is 0 Å². The van der Waals surface area contributed by atoms with E-state index in [1.54, 1.807) is 18.5 Å². The second kappa shape index (κ2) is 3.32. The number of hydrogen-bond donors (Lipinski definition) is 1. The number of hydrogen-bond acceptors (Lipinski definition) is 2. The number of para-hydroxylation sites is 1. The quantitative estimate of drug-likeness (QED) is 0.862. The standard InChI is InChI=1S/C13H14N2O2/c1-13(6-3-7-13)15-8-14-10-5-2-4-9(11(10)15)12(16)17/h2,4-5,8H,3,6-7H2,1H3,(H,16,17). The first kappa shape index (κ1) is 10.3. The van der Waals surface area contributed by atoms with Crippen molar-refractivity contribution in [3.8, 4) is 0 Å². The normalized spacial score (nSPS) is 17.9. The molecule has 1 aliphatic carbocycles. The maximum absolute atomic E-state index is 11.3. The smallest absolute Gasteiger partial charge is 0.337 e. The molecule has 1 aliphatic rings. The van der Waals surface area contributed by atoms with Crippen LogP contribution in [0.2, 0.25) is 0 Å². The second-order valence-corrected chi connectivity index (χ2v) is 4.94. The molecule has 1 fully saturated rings. The van der Waals surface area contributed by atoms with E-state index in [-0.39, 0.29) is 5.54 Å². The van der Waals surface area contributed by atoms with Gasteiger partial charge in [-0.25, -0.2) is 9.78 Å². The molecular formula is C13H14N2O2. The second-order valence-electron chi connectivity index (χ2n) is 4.94. The van der Waals surface area contributed by atoms with Gasteiger partial charge in [-0.05, 0) is 38.3 Å². The molecule has 4 heteroatoms. The van der Waals surface area contributed by atoms with Gasteiger partial charge in [-0.1, -0.05) is 6.07 Å². The molecule has 1 aromatic heterocycles. The molecule has 1 N–H and O–H groups in total. The van der Waals surface area contributed by atoms with Gasteiger partial charge in [-0.2, -0.15) is 0 Å². The van der Waals surface area contributed by atoms with E-state index in [1.807, 2.05) is 10.6 Å². The van der Waals surface area contributed by atoms with Gasteiger partial charge in [-0.15, -0.1) is 0 Å². The van der Waals surface area contributed by atoms with Gasteiger partial charge in [0, 0.05) is 5.54 Å². The molecular weight excluding hydrogens is 216 g/mol. The molecule has 1 aromatic carbocycles. The molecule has 3 rings (SSSR count). The highest BCUT2D eigenvalue weighted by molar-refractivity contribution is 6.01. The van der Waals surface area contributed by atoms with Crippen molar-refractivity contribution >= 4 is 17.0 Å². The first-order valence-corrected chi connectivity index (χ1v) is 5.82. The summed E-state index contributed by atoms with van der Waals surface area (Å²) in [4.78, 5) is 15.6. The van der Waals surface area contributed by atoms with Crippen LogP contribution >= 0.6 is 0 Å². The van der Waals surface area contributed by atoms with Gasteiger partial charge < -0.3 is 9.67 Å². The zero-order valence-electron chi connectivity index (χ0n) is 9.68. The van der Waals surface area contributed by atoms with Crippen LogP contribution in [0.4, 0.5) is 0 Å². The van der Waals surface area contributed by atoms with E-state index < -0.39 is 5.97 Å². The summed E-state index contributed by atoms with van der Waals surface area (Å²) in [6, 6.07) is 5.25. The molecule has 17 heavy (non-hydrogen) atoms. The fourth-order valence-corrected chi connectivity index (χ4v) is 2.58. The first-order chi connectivity index (χ1) is 8.12. The van der Waals surface area contributed by atoms with E-state index in [0.29, 0.717) is 5.56 Å². The summed E-state index contributed by atoms with van der Waals surface area (Å²) in [5, 5.41) is 9.24. The Morgan fingerprint density at radius 2 is 2.24 bits per heavy atom. The molecule has 4 nitrogen and oxygen atoms in total. The third kappa shape index (κ3) is 1.37. The Morgan fingerprint density at radius 3 is 2.82 bits per heavy atom. The van der Waals surface area contributed by atoms with Crippen LogP contribution in [0.3, 0.4) is 0 Å². The minimum atomic E-state index is -0.889. The number of carboxylic acid groups (broad SMARTS) is 1. The molecule has 0 bridgehead atoms. The zero-order chi connectivity index (χ0) is 12.0. The summed E-state index contributed by atoms with van der Waals surface area (Å²) in [5.74, 6) is -0.889. The van der Waals surface area contributed by atoms with Crippen LogP contribution < -0.4 is 0 Å². The van der Waals surface area contributed by atoms with Gasteiger partial charge in [0.25, 0.3) is 0 Å². The number of aromatic nitrogens is 2. The summed E-state index contributed by atoms with van der Waals surface area (Å²) in [6.45, 7) is 2.16. The van der Waals surface area contributed by atoms with Crippen LogP contribution in [0.25, 0.3) is 11.0 Å². The van der Waals surface area contributed by atoms with Crippen molar-refractivity contribution < 1.29 is 9.90 Å². The third-order valence-corrected chi connectivity index (χ3v) is 3.81. The van der Waals surface area contributed by atoms with Gasteiger partial charge in [0.15, 0.2) is 0 Å². The number of benzene rings is 1. The van der Waals surface area contributed by atoms with E-state index in [1.165, 1.54) is 6.42 Å². The minimum Gasteiger partial charge on any atom is -0.478 e. The number of carboxylic acids is 1. The summed E-state index contributed by atoms with van der Waals surface area (Å²) in [5.41, 5.74) is 1.90. The number of nitrogens with zero attached hydrogens (tertiary/aromatic N) is 2. The Balaban J connectivity index is 2.29. The van der Waals surface area contributed by atoms with Gasteiger partial charge in [0.1, 0.15) is 0 Å². The first-order valence-electron chi connectivity index (χ1n) is 5.82. The van der Waals surface area contributed by atoms with Crippen molar-refractivity contribution in [2.45, 2.75) is 31.7 Å². The Hall–Kier alpha value is -1.84. The van der Waals surface area contributed by atoms with Crippen LogP contribution in [0, 0.1) is 0 Å². The zero-order valence-corrected chi connectivity index (χ0v) is 9.68.